The van der Waals surface area contributed by atoms with Gasteiger partial charge >= 0.3 is 29.6 Å². The normalized spacial score (nSPS) is 14.7. The van der Waals surface area contributed by atoms with E-state index in [-0.39, 0.29) is 42.2 Å². The second-order valence-electron chi connectivity index (χ2n) is 6.01. The molecule has 0 amide bonds. The smallest absolute Gasteiger partial charge is 0.548 e. The molecule has 3 unspecified atom stereocenters. The minimum atomic E-state index is -1.15. The van der Waals surface area contributed by atoms with Gasteiger partial charge in [0.25, 0.3) is 0 Å². The van der Waals surface area contributed by atoms with Gasteiger partial charge in [0.1, 0.15) is 0 Å². The summed E-state index contributed by atoms with van der Waals surface area (Å²) in [4.78, 5) is 12.8. The minimum Gasteiger partial charge on any atom is -0.548 e. The summed E-state index contributed by atoms with van der Waals surface area (Å²) in [5, 5.41) is 33.9. The fourth-order valence-electron chi connectivity index (χ4n) is 2.30. The Morgan fingerprint density at radius 1 is 1.33 bits per heavy atom. The molecule has 0 saturated heterocycles. The Balaban J connectivity index is 0. The van der Waals surface area contributed by atoms with Crippen molar-refractivity contribution in [2.24, 2.45) is 0 Å². The number of unbranched alkanes of at least 4 members (excludes halogenated alkanes) is 1. The van der Waals surface area contributed by atoms with Crippen molar-refractivity contribution in [1.82, 2.24) is 10.2 Å². The number of aliphatic hydroxyl groups excluding tert-OH is 2. The van der Waals surface area contributed by atoms with Crippen molar-refractivity contribution in [1.29, 1.82) is 0 Å². The Kier molecular flexibility index (Phi) is 18.1. The van der Waals surface area contributed by atoms with E-state index in [0.717, 1.165) is 19.3 Å². The average Bonchev–Trinajstić information content (AvgIpc) is 2.52. The summed E-state index contributed by atoms with van der Waals surface area (Å²) < 4.78 is 0. The first-order valence-corrected chi connectivity index (χ1v) is 8.55. The molecule has 0 radical (unpaired) electrons. The number of rotatable bonds is 15. The molecular formula is C17H33N2NaO4. The van der Waals surface area contributed by atoms with E-state index in [9.17, 15) is 20.1 Å². The van der Waals surface area contributed by atoms with Crippen LogP contribution < -0.4 is 40.0 Å². The number of carbonyl (C=O) groups excluding carboxylic acids is 1. The van der Waals surface area contributed by atoms with Gasteiger partial charge in [0.2, 0.25) is 0 Å². The predicted octanol–water partition coefficient (Wildman–Crippen LogP) is -3.10. The van der Waals surface area contributed by atoms with Gasteiger partial charge in [-0.05, 0) is 26.2 Å². The topological polar surface area (TPSA) is 95.9 Å². The number of carbonyl (C=O) groups is 1. The van der Waals surface area contributed by atoms with E-state index >= 15 is 0 Å². The van der Waals surface area contributed by atoms with Crippen LogP contribution >= 0.6 is 0 Å². The molecule has 6 nitrogen and oxygen atoms in total. The fraction of sp³-hybridized carbons (Fsp3) is 0.824. The van der Waals surface area contributed by atoms with Crippen LogP contribution in [0.15, 0.2) is 12.7 Å². The Labute approximate surface area is 168 Å². The molecule has 0 spiro atoms. The van der Waals surface area contributed by atoms with Crippen molar-refractivity contribution in [2.45, 2.75) is 64.2 Å². The molecule has 0 fully saturated rings. The van der Waals surface area contributed by atoms with Crippen molar-refractivity contribution in [3.05, 3.63) is 12.7 Å². The first-order chi connectivity index (χ1) is 10.9. The molecule has 0 saturated carbocycles. The molecule has 0 aromatic rings. The third kappa shape index (κ3) is 13.4. The molecule has 24 heavy (non-hydrogen) atoms. The van der Waals surface area contributed by atoms with Gasteiger partial charge in [-0.1, -0.05) is 25.8 Å². The summed E-state index contributed by atoms with van der Waals surface area (Å²) in [7, 11) is 0. The number of carboxylic acid groups (broad SMARTS) is 1. The number of allylic oxidation sites excluding steroid dienone is 1. The third-order valence-electron chi connectivity index (χ3n) is 3.88. The number of carboxylic acids is 1. The molecule has 0 heterocycles. The maximum atomic E-state index is 11.1. The molecular weight excluding hydrogens is 319 g/mol. The maximum absolute atomic E-state index is 11.1. The van der Waals surface area contributed by atoms with Crippen LogP contribution in [0, 0.1) is 0 Å². The molecule has 0 aliphatic rings. The monoisotopic (exact) mass is 352 g/mol. The van der Waals surface area contributed by atoms with Crippen LogP contribution in [0.2, 0.25) is 0 Å². The summed E-state index contributed by atoms with van der Waals surface area (Å²) in [6.07, 6.45) is 4.82. The van der Waals surface area contributed by atoms with E-state index in [1.807, 2.05) is 0 Å². The summed E-state index contributed by atoms with van der Waals surface area (Å²) in [6, 6.07) is -0.764. The number of nitrogens with one attached hydrogen (secondary N) is 1. The zero-order valence-electron chi connectivity index (χ0n) is 15.5. The van der Waals surface area contributed by atoms with E-state index in [4.69, 9.17) is 0 Å². The number of aliphatic hydroxyl groups is 2. The summed E-state index contributed by atoms with van der Waals surface area (Å²) in [5.74, 6) is -1.15. The summed E-state index contributed by atoms with van der Waals surface area (Å²) >= 11 is 0. The fourth-order valence-corrected chi connectivity index (χ4v) is 2.30. The second kappa shape index (κ2) is 16.5. The van der Waals surface area contributed by atoms with Crippen LogP contribution in [-0.4, -0.2) is 65.5 Å². The van der Waals surface area contributed by atoms with Gasteiger partial charge in [0, 0.05) is 32.2 Å². The van der Waals surface area contributed by atoms with Crippen LogP contribution in [0.1, 0.15) is 46.0 Å². The molecule has 136 valence electrons. The number of hydrogen-bond donors (Lipinski definition) is 3. The Hall–Kier alpha value is 0.0500. The van der Waals surface area contributed by atoms with Crippen LogP contribution in [0.5, 0.6) is 0 Å². The van der Waals surface area contributed by atoms with E-state index in [1.165, 1.54) is 0 Å². The first kappa shape index (κ1) is 26.3. The molecule has 3 N–H and O–H groups in total. The Morgan fingerprint density at radius 2 is 2.00 bits per heavy atom. The van der Waals surface area contributed by atoms with Gasteiger partial charge in [-0.2, -0.15) is 0 Å². The van der Waals surface area contributed by atoms with E-state index in [1.54, 1.807) is 17.9 Å². The van der Waals surface area contributed by atoms with Crippen molar-refractivity contribution in [3.8, 4) is 0 Å². The zero-order chi connectivity index (χ0) is 17.7. The largest absolute Gasteiger partial charge is 1.00 e. The molecule has 0 rings (SSSR count). The molecule has 7 heteroatoms. The number of hydrogen-bond acceptors (Lipinski definition) is 6. The predicted molar refractivity (Wildman–Crippen MR) is 89.9 cm³/mol. The Morgan fingerprint density at radius 3 is 2.54 bits per heavy atom. The van der Waals surface area contributed by atoms with Crippen LogP contribution in [0.25, 0.3) is 0 Å². The van der Waals surface area contributed by atoms with Crippen LogP contribution in [-0.2, 0) is 4.79 Å². The quantitative estimate of drug-likeness (QED) is 0.164. The Bertz CT molecular complexity index is 332. The van der Waals surface area contributed by atoms with Gasteiger partial charge < -0.3 is 25.4 Å². The van der Waals surface area contributed by atoms with Crippen LogP contribution in [0.4, 0.5) is 0 Å². The van der Waals surface area contributed by atoms with Gasteiger partial charge in [-0.25, -0.2) is 0 Å². The number of nitrogens with zero attached hydrogens (tertiary/aromatic N) is 1. The SMILES string of the molecule is C=CCCC(O)CN(CCNCC(O)CCCC)C(C)C(=O)[O-].[Na+]. The summed E-state index contributed by atoms with van der Waals surface area (Å²) in [5.41, 5.74) is 0. The van der Waals surface area contributed by atoms with Gasteiger partial charge in [0.05, 0.1) is 18.2 Å². The summed E-state index contributed by atoms with van der Waals surface area (Å²) in [6.45, 7) is 9.05. The van der Waals surface area contributed by atoms with Crippen LogP contribution in [0.3, 0.4) is 0 Å². The van der Waals surface area contributed by atoms with Crippen molar-refractivity contribution >= 4 is 5.97 Å². The van der Waals surface area contributed by atoms with Gasteiger partial charge in [0.15, 0.2) is 0 Å². The van der Waals surface area contributed by atoms with Crippen molar-refractivity contribution < 1.29 is 49.7 Å². The minimum absolute atomic E-state index is 0. The molecule has 0 aromatic carbocycles. The van der Waals surface area contributed by atoms with E-state index in [2.05, 4.69) is 18.8 Å². The maximum Gasteiger partial charge on any atom is 1.00 e. The first-order valence-electron chi connectivity index (χ1n) is 8.55. The number of aliphatic carboxylic acids is 1. The third-order valence-corrected chi connectivity index (χ3v) is 3.88. The van der Waals surface area contributed by atoms with Gasteiger partial charge in [-0.3, -0.25) is 4.90 Å². The van der Waals surface area contributed by atoms with Crippen molar-refractivity contribution in [2.75, 3.05) is 26.2 Å². The molecule has 0 aliphatic carbocycles. The molecule has 0 aromatic heterocycles. The molecule has 0 bridgehead atoms. The van der Waals surface area contributed by atoms with Gasteiger partial charge in [-0.15, -0.1) is 6.58 Å². The average molecular weight is 352 g/mol. The standard InChI is InChI=1S/C17H34N2O4.Na/c1-4-6-8-15(20)12-18-10-11-19(14(3)17(22)23)13-16(21)9-7-5-2;/h5,14-16,18,20-21H,2,4,6-13H2,1,3H3,(H,22,23);/q;+1/p-1. The van der Waals surface area contributed by atoms with E-state index < -0.39 is 18.1 Å². The molecule has 0 aliphatic heterocycles. The zero-order valence-corrected chi connectivity index (χ0v) is 17.5. The molecule has 3 atom stereocenters. The van der Waals surface area contributed by atoms with Crippen molar-refractivity contribution in [3.63, 3.8) is 0 Å². The van der Waals surface area contributed by atoms with E-state index in [0.29, 0.717) is 32.5 Å². The second-order valence-corrected chi connectivity index (χ2v) is 6.01.